The van der Waals surface area contributed by atoms with Crippen LogP contribution >= 0.6 is 0 Å². The molecule has 0 aliphatic carbocycles. The minimum absolute atomic E-state index is 0.0541. The van der Waals surface area contributed by atoms with E-state index in [4.69, 9.17) is 5.11 Å². The summed E-state index contributed by atoms with van der Waals surface area (Å²) in [5, 5.41) is 15.2. The van der Waals surface area contributed by atoms with Crippen molar-refractivity contribution >= 4 is 6.03 Å². The monoisotopic (exact) mass is 340 g/mol. The summed E-state index contributed by atoms with van der Waals surface area (Å²) in [6, 6.07) is -0.0379. The highest BCUT2D eigenvalue weighted by atomic mass is 16.3. The Kier molecular flexibility index (Phi) is 7.78. The summed E-state index contributed by atoms with van der Waals surface area (Å²) < 4.78 is 0. The number of nitrogens with zero attached hydrogens (tertiary/aromatic N) is 2. The fourth-order valence-electron chi connectivity index (χ4n) is 4.02. The van der Waals surface area contributed by atoms with Crippen LogP contribution in [0.2, 0.25) is 0 Å². The summed E-state index contributed by atoms with van der Waals surface area (Å²) in [6.45, 7) is 7.39. The Morgan fingerprint density at radius 3 is 2.42 bits per heavy atom. The highest BCUT2D eigenvalue weighted by Crippen LogP contribution is 2.30. The molecule has 2 fully saturated rings. The normalized spacial score (nSPS) is 23.6. The minimum Gasteiger partial charge on any atom is -0.396 e. The van der Waals surface area contributed by atoms with Crippen molar-refractivity contribution in [3.63, 3.8) is 0 Å². The Balaban J connectivity index is 1.91. The van der Waals surface area contributed by atoms with Crippen LogP contribution in [-0.4, -0.2) is 78.9 Å². The first-order valence-corrected chi connectivity index (χ1v) is 9.68. The third kappa shape index (κ3) is 5.33. The zero-order chi connectivity index (χ0) is 17.4. The lowest BCUT2D eigenvalue weighted by molar-refractivity contribution is 0.0161. The second kappa shape index (κ2) is 9.59. The number of aliphatic hydroxyl groups excluding tert-OH is 1. The Morgan fingerprint density at radius 1 is 1.17 bits per heavy atom. The molecule has 2 amide bonds. The Bertz CT molecular complexity index is 377. The maximum Gasteiger partial charge on any atom is 0.315 e. The van der Waals surface area contributed by atoms with E-state index >= 15 is 0 Å². The Hall–Kier alpha value is -0.850. The molecule has 2 heterocycles. The lowest BCUT2D eigenvalue weighted by Crippen LogP contribution is -2.62. The van der Waals surface area contributed by atoms with Gasteiger partial charge in [-0.25, -0.2) is 4.79 Å². The molecule has 1 unspecified atom stereocenters. The highest BCUT2D eigenvalue weighted by Gasteiger charge is 2.39. The van der Waals surface area contributed by atoms with Gasteiger partial charge in [-0.15, -0.1) is 0 Å². The van der Waals surface area contributed by atoms with Crippen molar-refractivity contribution in [1.29, 1.82) is 0 Å². The molecule has 0 aromatic heterocycles. The number of amides is 2. The molecule has 0 spiro atoms. The van der Waals surface area contributed by atoms with E-state index < -0.39 is 0 Å². The Morgan fingerprint density at radius 2 is 1.83 bits per heavy atom. The van der Waals surface area contributed by atoms with E-state index in [0.717, 1.165) is 52.0 Å². The molecule has 0 aromatic carbocycles. The number of piperidine rings is 2. The summed E-state index contributed by atoms with van der Waals surface area (Å²) in [6.07, 6.45) is 7.59. The second-order valence-corrected chi connectivity index (χ2v) is 7.52. The molecular formula is C18H36N4O2. The van der Waals surface area contributed by atoms with Crippen LogP contribution in [0.15, 0.2) is 0 Å². The topological polar surface area (TPSA) is 67.8 Å². The average Bonchev–Trinajstić information content (AvgIpc) is 2.62. The summed E-state index contributed by atoms with van der Waals surface area (Å²) >= 11 is 0. The number of hydrogen-bond acceptors (Lipinski definition) is 4. The molecule has 6 nitrogen and oxygen atoms in total. The average molecular weight is 341 g/mol. The van der Waals surface area contributed by atoms with Gasteiger partial charge in [-0.05, 0) is 71.8 Å². The van der Waals surface area contributed by atoms with Crippen molar-refractivity contribution in [2.75, 3.05) is 46.4 Å². The van der Waals surface area contributed by atoms with Gasteiger partial charge in [0.2, 0.25) is 0 Å². The summed E-state index contributed by atoms with van der Waals surface area (Å²) in [5.74, 6) is 0. The molecule has 0 saturated carbocycles. The van der Waals surface area contributed by atoms with Gasteiger partial charge in [0.05, 0.1) is 0 Å². The van der Waals surface area contributed by atoms with E-state index in [1.165, 1.54) is 19.3 Å². The van der Waals surface area contributed by atoms with Gasteiger partial charge in [-0.3, -0.25) is 4.90 Å². The van der Waals surface area contributed by atoms with Crippen LogP contribution < -0.4 is 10.6 Å². The van der Waals surface area contributed by atoms with Gasteiger partial charge in [0.1, 0.15) is 0 Å². The minimum atomic E-state index is -0.0920. The fourth-order valence-corrected chi connectivity index (χ4v) is 4.02. The second-order valence-electron chi connectivity index (χ2n) is 7.52. The first-order valence-electron chi connectivity index (χ1n) is 9.68. The van der Waals surface area contributed by atoms with Crippen LogP contribution in [0.4, 0.5) is 4.79 Å². The van der Waals surface area contributed by atoms with E-state index in [9.17, 15) is 4.79 Å². The van der Waals surface area contributed by atoms with Gasteiger partial charge in [0.15, 0.2) is 0 Å². The van der Waals surface area contributed by atoms with E-state index in [1.54, 1.807) is 0 Å². The summed E-state index contributed by atoms with van der Waals surface area (Å²) in [5.41, 5.74) is 0.114. The molecule has 2 aliphatic heterocycles. The first kappa shape index (κ1) is 19.5. The van der Waals surface area contributed by atoms with Crippen molar-refractivity contribution in [3.8, 4) is 0 Å². The van der Waals surface area contributed by atoms with Gasteiger partial charge in [-0.1, -0.05) is 13.3 Å². The lowest BCUT2D eigenvalue weighted by atomic mass is 9.84. The van der Waals surface area contributed by atoms with Crippen LogP contribution in [0.25, 0.3) is 0 Å². The molecule has 0 aromatic rings. The van der Waals surface area contributed by atoms with Crippen molar-refractivity contribution < 1.29 is 9.90 Å². The number of aliphatic hydroxyl groups is 1. The lowest BCUT2D eigenvalue weighted by Gasteiger charge is -2.50. The van der Waals surface area contributed by atoms with E-state index in [-0.39, 0.29) is 24.2 Å². The molecule has 3 N–H and O–H groups in total. The number of carbonyl (C=O) groups excluding carboxylic acids is 1. The van der Waals surface area contributed by atoms with Crippen LogP contribution in [0.3, 0.4) is 0 Å². The number of urea groups is 1. The zero-order valence-corrected chi connectivity index (χ0v) is 15.5. The van der Waals surface area contributed by atoms with Crippen molar-refractivity contribution in [2.45, 2.75) is 63.5 Å². The number of hydrogen-bond donors (Lipinski definition) is 3. The van der Waals surface area contributed by atoms with Crippen LogP contribution in [0.1, 0.15) is 51.9 Å². The van der Waals surface area contributed by atoms with Crippen molar-refractivity contribution in [1.82, 2.24) is 20.4 Å². The molecule has 2 saturated heterocycles. The fraction of sp³-hybridized carbons (Fsp3) is 0.944. The molecule has 6 heteroatoms. The van der Waals surface area contributed by atoms with Crippen molar-refractivity contribution in [3.05, 3.63) is 0 Å². The largest absolute Gasteiger partial charge is 0.396 e. The van der Waals surface area contributed by atoms with Crippen LogP contribution in [0, 0.1) is 0 Å². The maximum absolute atomic E-state index is 12.3. The number of carbonyl (C=O) groups is 1. The third-order valence-electron chi connectivity index (χ3n) is 5.83. The van der Waals surface area contributed by atoms with Crippen LogP contribution in [0.5, 0.6) is 0 Å². The van der Waals surface area contributed by atoms with E-state index in [1.807, 2.05) is 6.92 Å². The van der Waals surface area contributed by atoms with Gasteiger partial charge in [0.25, 0.3) is 0 Å². The molecular weight excluding hydrogens is 304 g/mol. The highest BCUT2D eigenvalue weighted by molar-refractivity contribution is 5.74. The van der Waals surface area contributed by atoms with E-state index in [2.05, 4.69) is 27.5 Å². The molecule has 0 radical (unpaired) electrons. The molecule has 1 atom stereocenters. The Labute approximate surface area is 147 Å². The summed E-state index contributed by atoms with van der Waals surface area (Å²) in [4.78, 5) is 17.3. The van der Waals surface area contributed by atoms with Gasteiger partial charge >= 0.3 is 6.03 Å². The molecule has 2 rings (SSSR count). The zero-order valence-electron chi connectivity index (χ0n) is 15.5. The van der Waals surface area contributed by atoms with Gasteiger partial charge in [0, 0.05) is 24.7 Å². The molecule has 24 heavy (non-hydrogen) atoms. The number of likely N-dealkylation sites (tertiary alicyclic amines) is 2. The quantitative estimate of drug-likeness (QED) is 0.655. The van der Waals surface area contributed by atoms with Gasteiger partial charge in [-0.2, -0.15) is 0 Å². The molecule has 0 bridgehead atoms. The van der Waals surface area contributed by atoms with Gasteiger partial charge < -0.3 is 20.6 Å². The number of nitrogens with one attached hydrogen (secondary N) is 2. The molecule has 140 valence electrons. The van der Waals surface area contributed by atoms with E-state index in [0.29, 0.717) is 6.42 Å². The SMILES string of the molecule is CCC(CCO)NC(=O)NCC1(N2CCCCC2)CCN(C)CC1. The van der Waals surface area contributed by atoms with Crippen molar-refractivity contribution in [2.24, 2.45) is 0 Å². The molecule has 2 aliphatic rings. The predicted molar refractivity (Wildman–Crippen MR) is 97.2 cm³/mol. The van der Waals surface area contributed by atoms with Crippen LogP contribution in [-0.2, 0) is 0 Å². The summed E-state index contributed by atoms with van der Waals surface area (Å²) in [7, 11) is 2.18. The number of rotatable bonds is 7. The first-order chi connectivity index (χ1) is 11.6. The standard InChI is InChI=1S/C18H36N4O2/c1-3-16(7-14-23)20-17(24)19-15-18(8-12-21(2)13-9-18)22-10-5-4-6-11-22/h16,23H,3-15H2,1-2H3,(H2,19,20,24). The maximum atomic E-state index is 12.3. The third-order valence-corrected chi connectivity index (χ3v) is 5.83. The smallest absolute Gasteiger partial charge is 0.315 e. The predicted octanol–water partition coefficient (Wildman–Crippen LogP) is 1.40.